The van der Waals surface area contributed by atoms with Crippen molar-refractivity contribution in [3.8, 4) is 0 Å². The molecular formula is C9H12N4O. The van der Waals surface area contributed by atoms with Crippen LogP contribution in [0.5, 0.6) is 0 Å². The van der Waals surface area contributed by atoms with Gasteiger partial charge in [-0.3, -0.25) is 9.85 Å². The molecule has 0 saturated carbocycles. The van der Waals surface area contributed by atoms with E-state index in [0.717, 1.165) is 17.9 Å². The van der Waals surface area contributed by atoms with E-state index in [1.165, 1.54) is 0 Å². The van der Waals surface area contributed by atoms with E-state index in [2.05, 4.69) is 15.2 Å². The van der Waals surface area contributed by atoms with Gasteiger partial charge in [-0.05, 0) is 11.6 Å². The minimum atomic E-state index is 0.385. The molecule has 5 heteroatoms. The predicted octanol–water partition coefficient (Wildman–Crippen LogP) is 0.310. The second-order valence-corrected chi connectivity index (χ2v) is 2.95. The molecule has 3 N–H and O–H groups in total. The highest BCUT2D eigenvalue weighted by Crippen LogP contribution is 2.11. The van der Waals surface area contributed by atoms with Crippen molar-refractivity contribution < 1.29 is 4.84 Å². The number of rotatable bonds is 3. The minimum Gasteiger partial charge on any atom is -0.300 e. The van der Waals surface area contributed by atoms with Crippen LogP contribution in [-0.2, 0) is 11.4 Å². The number of hydrogen-bond acceptors (Lipinski definition) is 5. The normalized spacial score (nSPS) is 15.1. The quantitative estimate of drug-likeness (QED) is 0.675. The summed E-state index contributed by atoms with van der Waals surface area (Å²) >= 11 is 0. The molecule has 0 spiro atoms. The third kappa shape index (κ3) is 1.90. The van der Waals surface area contributed by atoms with Gasteiger partial charge >= 0.3 is 0 Å². The van der Waals surface area contributed by atoms with Crippen LogP contribution in [0.25, 0.3) is 0 Å². The molecule has 1 aromatic rings. The van der Waals surface area contributed by atoms with Crippen LogP contribution < -0.4 is 16.3 Å². The van der Waals surface area contributed by atoms with Crippen LogP contribution in [0.2, 0.25) is 0 Å². The average Bonchev–Trinajstić information content (AvgIpc) is 2.72. The Morgan fingerprint density at radius 2 is 2.50 bits per heavy atom. The molecule has 1 aliphatic heterocycles. The lowest BCUT2D eigenvalue weighted by Crippen LogP contribution is -2.28. The summed E-state index contributed by atoms with van der Waals surface area (Å²) in [7, 11) is 0. The van der Waals surface area contributed by atoms with E-state index in [1.54, 1.807) is 6.20 Å². The van der Waals surface area contributed by atoms with Crippen LogP contribution in [0.4, 0.5) is 5.82 Å². The fraction of sp³-hybridized carbons (Fsp3) is 0.222. The molecular weight excluding hydrogens is 180 g/mol. The lowest BCUT2D eigenvalue weighted by atomic mass is 10.3. The molecule has 0 aliphatic carbocycles. The van der Waals surface area contributed by atoms with Crippen LogP contribution in [0.3, 0.4) is 0 Å². The van der Waals surface area contributed by atoms with E-state index in [9.17, 15) is 0 Å². The lowest BCUT2D eigenvalue weighted by molar-refractivity contribution is 0.124. The summed E-state index contributed by atoms with van der Waals surface area (Å²) in [5.41, 5.74) is 4.09. The van der Waals surface area contributed by atoms with E-state index in [1.807, 2.05) is 29.4 Å². The Bertz CT molecular complexity index is 322. The van der Waals surface area contributed by atoms with Crippen LogP contribution in [-0.4, -0.2) is 11.5 Å². The first kappa shape index (κ1) is 9.14. The molecule has 0 radical (unpaired) electrons. The third-order valence-electron chi connectivity index (χ3n) is 1.94. The number of nitrogens with two attached hydrogens (primary N) is 1. The van der Waals surface area contributed by atoms with Crippen LogP contribution in [0.15, 0.2) is 30.6 Å². The molecule has 0 aromatic carbocycles. The topological polar surface area (TPSA) is 63.4 Å². The summed E-state index contributed by atoms with van der Waals surface area (Å²) in [5.74, 6) is 5.82. The maximum Gasteiger partial charge on any atom is 0.146 e. The maximum atomic E-state index is 4.96. The first-order chi connectivity index (χ1) is 6.90. The van der Waals surface area contributed by atoms with Crippen molar-refractivity contribution >= 4 is 5.82 Å². The predicted molar refractivity (Wildman–Crippen MR) is 52.8 cm³/mol. The number of nitrogens with one attached hydrogen (secondary N) is 1. The number of hydrogen-bond donors (Lipinski definition) is 2. The second-order valence-electron chi connectivity index (χ2n) is 2.95. The van der Waals surface area contributed by atoms with Crippen molar-refractivity contribution in [1.29, 1.82) is 0 Å². The van der Waals surface area contributed by atoms with Crippen LogP contribution in [0.1, 0.15) is 5.56 Å². The van der Waals surface area contributed by atoms with Gasteiger partial charge in [0.1, 0.15) is 5.82 Å². The van der Waals surface area contributed by atoms with Crippen molar-refractivity contribution in [2.45, 2.75) is 6.61 Å². The Morgan fingerprint density at radius 1 is 1.57 bits per heavy atom. The number of pyridine rings is 1. The zero-order valence-electron chi connectivity index (χ0n) is 7.68. The molecule has 2 rings (SSSR count). The summed E-state index contributed by atoms with van der Waals surface area (Å²) in [6.45, 7) is 1.23. The zero-order valence-corrected chi connectivity index (χ0v) is 7.68. The molecule has 2 heterocycles. The number of anilines is 1. The van der Waals surface area contributed by atoms with Gasteiger partial charge in [0.05, 0.1) is 6.61 Å². The van der Waals surface area contributed by atoms with E-state index in [-0.39, 0.29) is 0 Å². The van der Waals surface area contributed by atoms with Crippen molar-refractivity contribution in [1.82, 2.24) is 10.4 Å². The summed E-state index contributed by atoms with van der Waals surface area (Å²) in [5, 5.41) is 1.87. The zero-order chi connectivity index (χ0) is 9.80. The average molecular weight is 192 g/mol. The highest BCUT2D eigenvalue weighted by Gasteiger charge is 2.06. The standard InChI is InChI=1S/C9H12N4O/c10-14-7-8-2-3-9(11-6-8)13-5-1-4-12-13/h1-3,5-6,12H,4,7,10H2. The number of hydrazine groups is 1. The number of nitrogens with zero attached hydrogens (tertiary/aromatic N) is 2. The molecule has 0 saturated heterocycles. The highest BCUT2D eigenvalue weighted by molar-refractivity contribution is 5.42. The van der Waals surface area contributed by atoms with Gasteiger partial charge in [0.25, 0.3) is 0 Å². The van der Waals surface area contributed by atoms with Crippen LogP contribution in [0, 0.1) is 0 Å². The Hall–Kier alpha value is -1.43. The fourth-order valence-electron chi connectivity index (χ4n) is 1.26. The van der Waals surface area contributed by atoms with Gasteiger partial charge in [0.2, 0.25) is 0 Å². The largest absolute Gasteiger partial charge is 0.300 e. The van der Waals surface area contributed by atoms with E-state index >= 15 is 0 Å². The maximum absolute atomic E-state index is 4.96. The molecule has 0 amide bonds. The minimum absolute atomic E-state index is 0.385. The molecule has 0 atom stereocenters. The summed E-state index contributed by atoms with van der Waals surface area (Å²) in [6.07, 6.45) is 5.72. The summed E-state index contributed by atoms with van der Waals surface area (Å²) in [6, 6.07) is 3.85. The van der Waals surface area contributed by atoms with Crippen molar-refractivity contribution in [2.24, 2.45) is 5.90 Å². The van der Waals surface area contributed by atoms with E-state index in [4.69, 9.17) is 5.90 Å². The molecule has 0 unspecified atom stereocenters. The molecule has 0 bridgehead atoms. The Labute approximate surface area is 82.1 Å². The lowest BCUT2D eigenvalue weighted by Gasteiger charge is -2.14. The molecule has 1 aliphatic rings. The SMILES string of the molecule is NOCc1ccc(N2C=CCN2)nc1. The van der Waals surface area contributed by atoms with Gasteiger partial charge in [-0.25, -0.2) is 16.3 Å². The first-order valence-electron chi connectivity index (χ1n) is 4.36. The van der Waals surface area contributed by atoms with Gasteiger partial charge in [-0.2, -0.15) is 0 Å². The smallest absolute Gasteiger partial charge is 0.146 e. The van der Waals surface area contributed by atoms with Gasteiger partial charge in [-0.15, -0.1) is 0 Å². The Balaban J connectivity index is 2.09. The Kier molecular flexibility index (Phi) is 2.73. The molecule has 5 nitrogen and oxygen atoms in total. The molecule has 0 fully saturated rings. The third-order valence-corrected chi connectivity index (χ3v) is 1.94. The van der Waals surface area contributed by atoms with Gasteiger partial charge in [0, 0.05) is 18.9 Å². The second kappa shape index (κ2) is 4.19. The van der Waals surface area contributed by atoms with Crippen molar-refractivity contribution in [3.05, 3.63) is 36.2 Å². The monoisotopic (exact) mass is 192 g/mol. The van der Waals surface area contributed by atoms with E-state index < -0.39 is 0 Å². The van der Waals surface area contributed by atoms with Gasteiger partial charge in [0.15, 0.2) is 0 Å². The summed E-state index contributed by atoms with van der Waals surface area (Å²) < 4.78 is 0. The number of aromatic nitrogens is 1. The Morgan fingerprint density at radius 3 is 3.07 bits per heavy atom. The molecule has 1 aromatic heterocycles. The fourth-order valence-corrected chi connectivity index (χ4v) is 1.26. The highest BCUT2D eigenvalue weighted by atomic mass is 16.6. The summed E-state index contributed by atoms with van der Waals surface area (Å²) in [4.78, 5) is 8.77. The molecule has 14 heavy (non-hydrogen) atoms. The molecule has 74 valence electrons. The van der Waals surface area contributed by atoms with E-state index in [0.29, 0.717) is 6.61 Å². The van der Waals surface area contributed by atoms with Crippen molar-refractivity contribution in [2.75, 3.05) is 11.6 Å². The van der Waals surface area contributed by atoms with Crippen molar-refractivity contribution in [3.63, 3.8) is 0 Å². The first-order valence-corrected chi connectivity index (χ1v) is 4.36. The van der Waals surface area contributed by atoms with Gasteiger partial charge < -0.3 is 0 Å². The van der Waals surface area contributed by atoms with Gasteiger partial charge in [-0.1, -0.05) is 12.1 Å². The van der Waals surface area contributed by atoms with Crippen LogP contribution >= 0.6 is 0 Å².